The molecule has 0 aromatic carbocycles. The van der Waals surface area contributed by atoms with Gasteiger partial charge in [0.1, 0.15) is 0 Å². The molecule has 2 N–H and O–H groups in total. The van der Waals surface area contributed by atoms with Crippen molar-refractivity contribution in [1.29, 1.82) is 0 Å². The minimum absolute atomic E-state index is 0.177. The number of hydrogen-bond donors (Lipinski definition) is 2. The molecule has 0 amide bonds. The van der Waals surface area contributed by atoms with Crippen molar-refractivity contribution in [2.45, 2.75) is 38.9 Å². The quantitative estimate of drug-likeness (QED) is 0.671. The van der Waals surface area contributed by atoms with Crippen molar-refractivity contribution >= 4 is 0 Å². The minimum Gasteiger partial charge on any atom is -0.396 e. The number of aliphatic hydroxyl groups excluding tert-OH is 1. The predicted molar refractivity (Wildman–Crippen MR) is 66.7 cm³/mol. The fourth-order valence-corrected chi connectivity index (χ4v) is 1.71. The lowest BCUT2D eigenvalue weighted by Gasteiger charge is -2.15. The van der Waals surface area contributed by atoms with E-state index in [1.165, 1.54) is 0 Å². The van der Waals surface area contributed by atoms with Gasteiger partial charge in [0.2, 0.25) is 0 Å². The molecular formula is C12H23N3O2. The van der Waals surface area contributed by atoms with Gasteiger partial charge in [-0.05, 0) is 12.8 Å². The first-order valence-electron chi connectivity index (χ1n) is 6.14. The largest absolute Gasteiger partial charge is 0.396 e. The Morgan fingerprint density at radius 3 is 3.06 bits per heavy atom. The number of hydrogen-bond acceptors (Lipinski definition) is 4. The zero-order valence-corrected chi connectivity index (χ0v) is 10.7. The van der Waals surface area contributed by atoms with Gasteiger partial charge in [0, 0.05) is 44.6 Å². The molecular weight excluding hydrogens is 218 g/mol. The van der Waals surface area contributed by atoms with E-state index in [2.05, 4.69) is 23.5 Å². The van der Waals surface area contributed by atoms with Crippen LogP contribution in [-0.2, 0) is 17.8 Å². The lowest BCUT2D eigenvalue weighted by atomic mass is 10.2. The van der Waals surface area contributed by atoms with Crippen molar-refractivity contribution in [2.24, 2.45) is 0 Å². The van der Waals surface area contributed by atoms with E-state index in [1.807, 2.05) is 10.9 Å². The molecule has 0 saturated carbocycles. The molecule has 1 unspecified atom stereocenters. The second-order valence-electron chi connectivity index (χ2n) is 4.16. The lowest BCUT2D eigenvalue weighted by Crippen LogP contribution is -2.33. The van der Waals surface area contributed by atoms with E-state index >= 15 is 0 Å². The highest BCUT2D eigenvalue weighted by atomic mass is 16.5. The number of rotatable bonds is 9. The first kappa shape index (κ1) is 14.2. The van der Waals surface area contributed by atoms with Crippen LogP contribution < -0.4 is 5.32 Å². The fraction of sp³-hybridized carbons (Fsp3) is 0.750. The van der Waals surface area contributed by atoms with Crippen molar-refractivity contribution in [1.82, 2.24) is 15.1 Å². The molecule has 0 aliphatic rings. The average molecular weight is 241 g/mol. The summed E-state index contributed by atoms with van der Waals surface area (Å²) < 4.78 is 7.05. The van der Waals surface area contributed by atoms with Gasteiger partial charge < -0.3 is 15.2 Å². The lowest BCUT2D eigenvalue weighted by molar-refractivity contribution is 0.148. The van der Waals surface area contributed by atoms with Crippen LogP contribution in [0.25, 0.3) is 0 Å². The molecule has 1 aromatic heterocycles. The van der Waals surface area contributed by atoms with E-state index in [1.54, 1.807) is 7.11 Å². The van der Waals surface area contributed by atoms with Crippen molar-refractivity contribution < 1.29 is 9.84 Å². The van der Waals surface area contributed by atoms with Crippen LogP contribution in [0.2, 0.25) is 0 Å². The molecule has 0 spiro atoms. The predicted octanol–water partition coefficient (Wildman–Crippen LogP) is 0.780. The molecule has 5 heteroatoms. The van der Waals surface area contributed by atoms with Crippen molar-refractivity contribution in [3.63, 3.8) is 0 Å². The summed E-state index contributed by atoms with van der Waals surface area (Å²) in [4.78, 5) is 0. The number of nitrogens with one attached hydrogen (secondary N) is 1. The third-order valence-electron chi connectivity index (χ3n) is 2.58. The summed E-state index contributed by atoms with van der Waals surface area (Å²) in [5, 5.41) is 16.5. The summed E-state index contributed by atoms with van der Waals surface area (Å²) in [5.74, 6) is 0. The third kappa shape index (κ3) is 5.30. The van der Waals surface area contributed by atoms with Crippen LogP contribution >= 0.6 is 0 Å². The molecule has 98 valence electrons. The van der Waals surface area contributed by atoms with Gasteiger partial charge in [-0.15, -0.1) is 0 Å². The molecule has 1 rings (SSSR count). The molecule has 0 saturated heterocycles. The summed E-state index contributed by atoms with van der Waals surface area (Å²) >= 11 is 0. The third-order valence-corrected chi connectivity index (χ3v) is 2.58. The zero-order valence-electron chi connectivity index (χ0n) is 10.7. The Morgan fingerprint density at radius 2 is 2.41 bits per heavy atom. The monoisotopic (exact) mass is 241 g/mol. The number of nitrogens with zero attached hydrogens (tertiary/aromatic N) is 2. The summed E-state index contributed by atoms with van der Waals surface area (Å²) in [6.07, 6.45) is 5.73. The average Bonchev–Trinajstić information content (AvgIpc) is 2.75. The fourth-order valence-electron chi connectivity index (χ4n) is 1.71. The highest BCUT2D eigenvalue weighted by Crippen LogP contribution is 2.00. The molecule has 0 fully saturated rings. The maximum Gasteiger partial charge on any atom is 0.0616 e. The molecule has 1 atom stereocenters. The van der Waals surface area contributed by atoms with Crippen molar-refractivity contribution in [3.05, 3.63) is 18.0 Å². The van der Waals surface area contributed by atoms with Crippen LogP contribution in [0.4, 0.5) is 0 Å². The van der Waals surface area contributed by atoms with E-state index in [4.69, 9.17) is 9.84 Å². The van der Waals surface area contributed by atoms with Crippen LogP contribution in [0, 0.1) is 0 Å². The summed E-state index contributed by atoms with van der Waals surface area (Å²) in [6, 6.07) is 0.194. The second kappa shape index (κ2) is 8.22. The van der Waals surface area contributed by atoms with E-state index < -0.39 is 0 Å². The molecule has 0 bridgehead atoms. The Hall–Kier alpha value is -0.910. The smallest absolute Gasteiger partial charge is 0.0616 e. The maximum absolute atomic E-state index is 8.92. The Kier molecular flexibility index (Phi) is 6.84. The van der Waals surface area contributed by atoms with Crippen molar-refractivity contribution in [2.75, 3.05) is 20.3 Å². The molecule has 1 aromatic rings. The van der Waals surface area contributed by atoms with E-state index in [-0.39, 0.29) is 12.6 Å². The van der Waals surface area contributed by atoms with Crippen LogP contribution in [0.5, 0.6) is 0 Å². The summed E-state index contributed by atoms with van der Waals surface area (Å²) in [5.41, 5.74) is 1.16. The molecule has 0 aliphatic heterocycles. The Balaban J connectivity index is 2.35. The van der Waals surface area contributed by atoms with Gasteiger partial charge in [0.15, 0.2) is 0 Å². The maximum atomic E-state index is 8.92. The Labute approximate surface area is 103 Å². The van der Waals surface area contributed by atoms with Gasteiger partial charge in [-0.2, -0.15) is 5.10 Å². The highest BCUT2D eigenvalue weighted by Gasteiger charge is 2.07. The molecule has 1 heterocycles. The van der Waals surface area contributed by atoms with Gasteiger partial charge in [0.25, 0.3) is 0 Å². The molecule has 5 nitrogen and oxygen atoms in total. The summed E-state index contributed by atoms with van der Waals surface area (Å²) in [7, 11) is 1.67. The topological polar surface area (TPSA) is 59.3 Å². The van der Waals surface area contributed by atoms with Crippen molar-refractivity contribution in [3.8, 4) is 0 Å². The van der Waals surface area contributed by atoms with E-state index in [0.717, 1.165) is 25.1 Å². The van der Waals surface area contributed by atoms with Gasteiger partial charge in [0.05, 0.1) is 12.8 Å². The first-order chi connectivity index (χ1) is 8.30. The van der Waals surface area contributed by atoms with Crippen LogP contribution in [0.3, 0.4) is 0 Å². The minimum atomic E-state index is 0.177. The zero-order chi connectivity index (χ0) is 12.5. The van der Waals surface area contributed by atoms with Gasteiger partial charge >= 0.3 is 0 Å². The Bertz CT molecular complexity index is 296. The highest BCUT2D eigenvalue weighted by molar-refractivity contribution is 5.03. The molecule has 0 aliphatic carbocycles. The van der Waals surface area contributed by atoms with Crippen LogP contribution in [0.15, 0.2) is 12.4 Å². The van der Waals surface area contributed by atoms with Gasteiger partial charge in [-0.1, -0.05) is 6.92 Å². The van der Waals surface area contributed by atoms with E-state index in [0.29, 0.717) is 13.0 Å². The Morgan fingerprint density at radius 1 is 1.59 bits per heavy atom. The number of aliphatic hydroxyl groups is 1. The first-order valence-corrected chi connectivity index (χ1v) is 6.14. The van der Waals surface area contributed by atoms with Crippen LogP contribution in [-0.4, -0.2) is 41.3 Å². The number of ether oxygens (including phenoxy) is 1. The summed E-state index contributed by atoms with van der Waals surface area (Å²) in [6.45, 7) is 4.64. The number of aryl methyl sites for hydroxylation is 1. The molecule has 0 radical (unpaired) electrons. The van der Waals surface area contributed by atoms with Gasteiger partial charge in [-0.3, -0.25) is 4.68 Å². The standard InChI is InChI=1S/C12H23N3O2/c1-3-5-15-9-11(8-14-15)7-13-12(4-6-16)10-17-2/h8-9,12-13,16H,3-7,10H2,1-2H3. The van der Waals surface area contributed by atoms with E-state index in [9.17, 15) is 0 Å². The van der Waals surface area contributed by atoms with Gasteiger partial charge in [-0.25, -0.2) is 0 Å². The second-order valence-corrected chi connectivity index (χ2v) is 4.16. The SMILES string of the molecule is CCCn1cc(CNC(CCO)COC)cn1. The number of methoxy groups -OCH3 is 1. The number of aromatic nitrogens is 2. The normalized spacial score (nSPS) is 12.9. The molecule has 17 heavy (non-hydrogen) atoms. The van der Waals surface area contributed by atoms with Crippen LogP contribution in [0.1, 0.15) is 25.3 Å².